The zero-order valence-electron chi connectivity index (χ0n) is 17.5. The summed E-state index contributed by atoms with van der Waals surface area (Å²) in [6.45, 7) is 6.45. The number of rotatable bonds is 5. The van der Waals surface area contributed by atoms with Crippen molar-refractivity contribution in [2.45, 2.75) is 38.5 Å². The van der Waals surface area contributed by atoms with Gasteiger partial charge in [0.15, 0.2) is 5.76 Å². The third kappa shape index (κ3) is 3.78. The van der Waals surface area contributed by atoms with Crippen LogP contribution in [-0.4, -0.2) is 79.5 Å². The van der Waals surface area contributed by atoms with Crippen LogP contribution in [0, 0.1) is 6.92 Å². The van der Waals surface area contributed by atoms with Gasteiger partial charge in [0, 0.05) is 43.4 Å². The molecule has 0 spiro atoms. The van der Waals surface area contributed by atoms with Gasteiger partial charge in [-0.1, -0.05) is 0 Å². The van der Waals surface area contributed by atoms with Gasteiger partial charge in [-0.2, -0.15) is 5.10 Å². The molecule has 162 valence electrons. The fraction of sp³-hybridized carbons (Fsp3) is 0.619. The maximum Gasteiger partial charge on any atom is 0.287 e. The molecule has 1 aliphatic carbocycles. The van der Waals surface area contributed by atoms with Gasteiger partial charge in [0.2, 0.25) is 0 Å². The summed E-state index contributed by atoms with van der Waals surface area (Å²) < 4.78 is 24.4. The molecule has 0 unspecified atom stereocenters. The standard InChI is InChI=1S/C21H28N4O5/c1-13-18-17(30-20(13)21(26)22-7-15-11-27-12-29-15)4-3-14-8-25(23-19(14)18)10-16-9-24(2)5-6-28-16/h8,15-16H,3-7,9-12H2,1-2H3,(H,22,26)/t15-,16-/m1/s1. The van der Waals surface area contributed by atoms with Crippen molar-refractivity contribution in [2.75, 3.05) is 46.7 Å². The van der Waals surface area contributed by atoms with Crippen molar-refractivity contribution in [3.63, 3.8) is 0 Å². The van der Waals surface area contributed by atoms with E-state index in [9.17, 15) is 4.79 Å². The highest BCUT2D eigenvalue weighted by Crippen LogP contribution is 2.38. The minimum absolute atomic E-state index is 0.109. The van der Waals surface area contributed by atoms with Gasteiger partial charge < -0.3 is 28.8 Å². The van der Waals surface area contributed by atoms with Gasteiger partial charge in [0.05, 0.1) is 31.6 Å². The van der Waals surface area contributed by atoms with Crippen LogP contribution in [0.1, 0.15) is 27.4 Å². The van der Waals surface area contributed by atoms with Crippen molar-refractivity contribution in [1.29, 1.82) is 0 Å². The van der Waals surface area contributed by atoms with E-state index in [1.807, 2.05) is 11.6 Å². The summed E-state index contributed by atoms with van der Waals surface area (Å²) in [5, 5.41) is 7.74. The minimum Gasteiger partial charge on any atom is -0.455 e. The van der Waals surface area contributed by atoms with Crippen LogP contribution >= 0.6 is 0 Å². The Morgan fingerprint density at radius 2 is 2.20 bits per heavy atom. The minimum atomic E-state index is -0.225. The summed E-state index contributed by atoms with van der Waals surface area (Å²) in [5.41, 5.74) is 3.92. The molecular weight excluding hydrogens is 388 g/mol. The van der Waals surface area contributed by atoms with Crippen LogP contribution in [0.4, 0.5) is 0 Å². The maximum absolute atomic E-state index is 12.7. The topological polar surface area (TPSA) is 91.0 Å². The Morgan fingerprint density at radius 1 is 1.30 bits per heavy atom. The van der Waals surface area contributed by atoms with Gasteiger partial charge in [-0.25, -0.2) is 0 Å². The number of amides is 1. The molecule has 3 aliphatic rings. The van der Waals surface area contributed by atoms with Gasteiger partial charge in [0.25, 0.3) is 5.91 Å². The second kappa shape index (κ2) is 8.14. The first-order chi connectivity index (χ1) is 14.6. The molecule has 4 heterocycles. The lowest BCUT2D eigenvalue weighted by molar-refractivity contribution is -0.0290. The number of likely N-dealkylation sites (N-methyl/N-ethyl adjacent to an activating group) is 1. The number of furan rings is 1. The first-order valence-corrected chi connectivity index (χ1v) is 10.5. The Hall–Kier alpha value is -2.20. The first-order valence-electron chi connectivity index (χ1n) is 10.5. The molecule has 2 saturated heterocycles. The summed E-state index contributed by atoms with van der Waals surface area (Å²) in [6, 6.07) is 0. The summed E-state index contributed by atoms with van der Waals surface area (Å²) in [4.78, 5) is 15.0. The molecule has 0 saturated carbocycles. The molecule has 2 fully saturated rings. The largest absolute Gasteiger partial charge is 0.455 e. The van der Waals surface area contributed by atoms with Gasteiger partial charge >= 0.3 is 0 Å². The van der Waals surface area contributed by atoms with E-state index in [2.05, 4.69) is 23.5 Å². The highest BCUT2D eigenvalue weighted by Gasteiger charge is 2.30. The summed E-state index contributed by atoms with van der Waals surface area (Å²) >= 11 is 0. The van der Waals surface area contributed by atoms with Crippen LogP contribution in [0.5, 0.6) is 0 Å². The normalized spacial score (nSPS) is 23.9. The molecule has 1 N–H and O–H groups in total. The predicted molar refractivity (Wildman–Crippen MR) is 107 cm³/mol. The highest BCUT2D eigenvalue weighted by atomic mass is 16.7. The zero-order chi connectivity index (χ0) is 20.7. The molecule has 9 nitrogen and oxygen atoms in total. The van der Waals surface area contributed by atoms with E-state index in [1.165, 1.54) is 5.56 Å². The second-order valence-electron chi connectivity index (χ2n) is 8.32. The van der Waals surface area contributed by atoms with Crippen molar-refractivity contribution in [3.8, 4) is 11.3 Å². The van der Waals surface area contributed by atoms with Gasteiger partial charge in [-0.15, -0.1) is 0 Å². The van der Waals surface area contributed by atoms with Crippen molar-refractivity contribution >= 4 is 5.91 Å². The fourth-order valence-electron chi connectivity index (χ4n) is 4.44. The van der Waals surface area contributed by atoms with Crippen LogP contribution in [0.25, 0.3) is 11.3 Å². The summed E-state index contributed by atoms with van der Waals surface area (Å²) in [5.74, 6) is 0.972. The first kappa shape index (κ1) is 19.7. The molecule has 2 aliphatic heterocycles. The molecule has 9 heteroatoms. The molecule has 0 radical (unpaired) electrons. The Labute approximate surface area is 175 Å². The van der Waals surface area contributed by atoms with Crippen LogP contribution in [0.2, 0.25) is 0 Å². The van der Waals surface area contributed by atoms with Crippen LogP contribution in [0.15, 0.2) is 10.6 Å². The van der Waals surface area contributed by atoms with E-state index in [0.717, 1.165) is 61.7 Å². The fourth-order valence-corrected chi connectivity index (χ4v) is 4.44. The Kier molecular flexibility index (Phi) is 5.36. The number of morpholine rings is 1. The van der Waals surface area contributed by atoms with Crippen molar-refractivity contribution < 1.29 is 23.4 Å². The van der Waals surface area contributed by atoms with Gasteiger partial charge in [-0.3, -0.25) is 9.48 Å². The van der Waals surface area contributed by atoms with E-state index in [0.29, 0.717) is 18.9 Å². The summed E-state index contributed by atoms with van der Waals surface area (Å²) in [6.07, 6.45) is 3.76. The molecule has 2 atom stereocenters. The number of aryl methyl sites for hydroxylation is 2. The van der Waals surface area contributed by atoms with Gasteiger partial charge in [-0.05, 0) is 26.0 Å². The van der Waals surface area contributed by atoms with Crippen molar-refractivity contribution in [1.82, 2.24) is 20.0 Å². The molecule has 0 bridgehead atoms. The quantitative estimate of drug-likeness (QED) is 0.777. The number of carbonyl (C=O) groups is 1. The third-order valence-electron chi connectivity index (χ3n) is 6.04. The van der Waals surface area contributed by atoms with E-state index in [-0.39, 0.29) is 24.9 Å². The van der Waals surface area contributed by atoms with E-state index in [4.69, 9.17) is 23.7 Å². The van der Waals surface area contributed by atoms with E-state index >= 15 is 0 Å². The van der Waals surface area contributed by atoms with Crippen molar-refractivity contribution in [2.24, 2.45) is 0 Å². The number of aromatic nitrogens is 2. The van der Waals surface area contributed by atoms with E-state index in [1.54, 1.807) is 0 Å². The lowest BCUT2D eigenvalue weighted by Gasteiger charge is -2.29. The summed E-state index contributed by atoms with van der Waals surface area (Å²) in [7, 11) is 2.11. The molecule has 30 heavy (non-hydrogen) atoms. The third-order valence-corrected chi connectivity index (χ3v) is 6.04. The molecule has 1 amide bonds. The average molecular weight is 416 g/mol. The Morgan fingerprint density at radius 3 is 3.00 bits per heavy atom. The Bertz CT molecular complexity index is 930. The number of fused-ring (bicyclic) bond motifs is 3. The van der Waals surface area contributed by atoms with Crippen LogP contribution < -0.4 is 5.32 Å². The number of hydrogen-bond acceptors (Lipinski definition) is 7. The second-order valence-corrected chi connectivity index (χ2v) is 8.32. The predicted octanol–water partition coefficient (Wildman–Crippen LogP) is 0.983. The molecule has 2 aromatic heterocycles. The molecule has 2 aromatic rings. The number of carbonyl (C=O) groups excluding carboxylic acids is 1. The number of nitrogens with one attached hydrogen (secondary N) is 1. The highest BCUT2D eigenvalue weighted by molar-refractivity contribution is 5.95. The average Bonchev–Trinajstić information content (AvgIpc) is 3.44. The van der Waals surface area contributed by atoms with Gasteiger partial charge in [0.1, 0.15) is 18.7 Å². The smallest absolute Gasteiger partial charge is 0.287 e. The van der Waals surface area contributed by atoms with Crippen molar-refractivity contribution in [3.05, 3.63) is 28.8 Å². The van der Waals surface area contributed by atoms with Crippen LogP contribution in [-0.2, 0) is 33.6 Å². The number of ether oxygens (including phenoxy) is 3. The molecule has 0 aromatic carbocycles. The Balaban J connectivity index is 1.33. The maximum atomic E-state index is 12.7. The number of hydrogen-bond donors (Lipinski definition) is 1. The van der Waals surface area contributed by atoms with E-state index < -0.39 is 0 Å². The zero-order valence-corrected chi connectivity index (χ0v) is 17.5. The molecular formula is C21H28N4O5. The number of nitrogens with zero attached hydrogens (tertiary/aromatic N) is 3. The SMILES string of the molecule is Cc1c(C(=O)NC[C@@H]2COCO2)oc2c1-c1nn(C[C@H]3CN(C)CCO3)cc1CC2. The monoisotopic (exact) mass is 416 g/mol. The lowest BCUT2D eigenvalue weighted by Crippen LogP contribution is -2.42. The lowest BCUT2D eigenvalue weighted by atomic mass is 9.93. The van der Waals surface area contributed by atoms with Crippen LogP contribution in [0.3, 0.4) is 0 Å². The molecule has 5 rings (SSSR count).